The van der Waals surface area contributed by atoms with Crippen molar-refractivity contribution >= 4 is 0 Å². The summed E-state index contributed by atoms with van der Waals surface area (Å²) in [6, 6.07) is 8.51. The molecule has 2 aromatic rings. The van der Waals surface area contributed by atoms with Gasteiger partial charge in [-0.3, -0.25) is 14.3 Å². The quantitative estimate of drug-likeness (QED) is 0.763. The van der Waals surface area contributed by atoms with Crippen LogP contribution in [0.5, 0.6) is 0 Å². The van der Waals surface area contributed by atoms with E-state index >= 15 is 0 Å². The number of nitrogens with one attached hydrogen (secondary N) is 1. The van der Waals surface area contributed by atoms with E-state index in [1.165, 1.54) is 11.1 Å². The van der Waals surface area contributed by atoms with Gasteiger partial charge in [-0.05, 0) is 56.1 Å². The van der Waals surface area contributed by atoms with Crippen LogP contribution in [0.4, 0.5) is 0 Å². The van der Waals surface area contributed by atoms with Gasteiger partial charge in [0, 0.05) is 11.3 Å². The lowest BCUT2D eigenvalue weighted by Gasteiger charge is -2.27. The Morgan fingerprint density at radius 1 is 1.33 bits per heavy atom. The number of fused-ring (bicyclic) bond motifs is 1. The molecule has 1 atom stereocenters. The van der Waals surface area contributed by atoms with E-state index in [-0.39, 0.29) is 12.3 Å². The van der Waals surface area contributed by atoms with Crippen molar-refractivity contribution in [2.75, 3.05) is 6.61 Å². The lowest BCUT2D eigenvalue weighted by Crippen LogP contribution is -2.37. The predicted molar refractivity (Wildman–Crippen MR) is 107 cm³/mol. The van der Waals surface area contributed by atoms with Gasteiger partial charge < -0.3 is 4.74 Å². The maximum atomic E-state index is 12.5. The second-order valence-electron chi connectivity index (χ2n) is 7.39. The maximum Gasteiger partial charge on any atom is 0.330 e. The number of aromatic amines is 1. The molecular weight excluding hydrogens is 340 g/mol. The van der Waals surface area contributed by atoms with Gasteiger partial charge in [-0.25, -0.2) is 4.79 Å². The average molecular weight is 368 g/mol. The van der Waals surface area contributed by atoms with Crippen LogP contribution < -0.4 is 11.2 Å². The summed E-state index contributed by atoms with van der Waals surface area (Å²) in [5, 5.41) is 0. The van der Waals surface area contributed by atoms with Gasteiger partial charge in [0.1, 0.15) is 6.73 Å². The molecule has 1 N–H and O–H groups in total. The van der Waals surface area contributed by atoms with Crippen LogP contribution in [0.25, 0.3) is 0 Å². The summed E-state index contributed by atoms with van der Waals surface area (Å²) in [7, 11) is 0. The zero-order valence-corrected chi connectivity index (χ0v) is 16.2. The number of rotatable bonds is 7. The lowest BCUT2D eigenvalue weighted by molar-refractivity contribution is 0.0889. The standard InChI is InChI=1S/C22H28N2O3/c1-4-18-20(12-17-10-7-9-16-8-5-6-11-19(16)17)24(14-27-13-15(2)3)22(26)23-21(18)25/h5-6,8,11,17H,2,4,7,9-10,12-14H2,1,3H3,(H,23,25,26). The zero-order valence-electron chi connectivity index (χ0n) is 16.2. The highest BCUT2D eigenvalue weighted by Gasteiger charge is 2.24. The van der Waals surface area contributed by atoms with Crippen molar-refractivity contribution in [1.82, 2.24) is 9.55 Å². The monoisotopic (exact) mass is 368 g/mol. The first-order valence-corrected chi connectivity index (χ1v) is 9.66. The van der Waals surface area contributed by atoms with Crippen LogP contribution in [0.15, 0.2) is 46.0 Å². The Hall–Kier alpha value is -2.40. The number of hydrogen-bond donors (Lipinski definition) is 1. The number of aromatic nitrogens is 2. The second kappa shape index (κ2) is 8.53. The predicted octanol–water partition coefficient (Wildman–Crippen LogP) is 3.31. The van der Waals surface area contributed by atoms with Crippen LogP contribution in [0.2, 0.25) is 0 Å². The van der Waals surface area contributed by atoms with E-state index in [1.54, 1.807) is 4.57 Å². The number of benzene rings is 1. The summed E-state index contributed by atoms with van der Waals surface area (Å²) >= 11 is 0. The smallest absolute Gasteiger partial charge is 0.330 e. The topological polar surface area (TPSA) is 64.1 Å². The van der Waals surface area contributed by atoms with Crippen molar-refractivity contribution in [3.05, 3.63) is 79.6 Å². The fourth-order valence-electron chi connectivity index (χ4n) is 4.00. The third kappa shape index (κ3) is 4.30. The molecular formula is C22H28N2O3. The van der Waals surface area contributed by atoms with Gasteiger partial charge in [-0.2, -0.15) is 0 Å². The molecule has 5 nitrogen and oxygen atoms in total. The molecule has 0 bridgehead atoms. The van der Waals surface area contributed by atoms with Gasteiger partial charge in [0.2, 0.25) is 0 Å². The number of nitrogens with zero attached hydrogens (tertiary/aromatic N) is 1. The normalized spacial score (nSPS) is 16.1. The Morgan fingerprint density at radius 2 is 2.11 bits per heavy atom. The van der Waals surface area contributed by atoms with E-state index in [0.717, 1.165) is 30.5 Å². The van der Waals surface area contributed by atoms with E-state index in [4.69, 9.17) is 4.74 Å². The Kier molecular flexibility index (Phi) is 6.11. The van der Waals surface area contributed by atoms with Crippen LogP contribution >= 0.6 is 0 Å². The molecule has 0 aliphatic heterocycles. The number of aryl methyl sites for hydroxylation is 1. The summed E-state index contributed by atoms with van der Waals surface area (Å²) in [4.78, 5) is 27.3. The van der Waals surface area contributed by atoms with Crippen LogP contribution in [-0.4, -0.2) is 16.2 Å². The highest BCUT2D eigenvalue weighted by Crippen LogP contribution is 2.34. The maximum absolute atomic E-state index is 12.5. The highest BCUT2D eigenvalue weighted by molar-refractivity contribution is 5.34. The molecule has 3 rings (SSSR count). The summed E-state index contributed by atoms with van der Waals surface area (Å²) in [5.74, 6) is 0.314. The van der Waals surface area contributed by atoms with E-state index in [2.05, 4.69) is 35.8 Å². The molecule has 1 unspecified atom stereocenters. The fourth-order valence-corrected chi connectivity index (χ4v) is 4.00. The minimum absolute atomic E-state index is 0.124. The van der Waals surface area contributed by atoms with E-state index in [1.807, 2.05) is 13.8 Å². The van der Waals surface area contributed by atoms with E-state index < -0.39 is 5.69 Å². The first kappa shape index (κ1) is 19.4. The molecule has 1 aromatic carbocycles. The molecule has 0 radical (unpaired) electrons. The Labute approximate surface area is 159 Å². The minimum atomic E-state index is -0.405. The van der Waals surface area contributed by atoms with Gasteiger partial charge in [0.05, 0.1) is 6.61 Å². The van der Waals surface area contributed by atoms with Crippen LogP contribution in [0.3, 0.4) is 0 Å². The molecule has 0 saturated heterocycles. The van der Waals surface area contributed by atoms with Gasteiger partial charge >= 0.3 is 5.69 Å². The largest absolute Gasteiger partial charge is 0.356 e. The van der Waals surface area contributed by atoms with Gasteiger partial charge in [0.15, 0.2) is 0 Å². The SMILES string of the molecule is C=C(C)COCn1c(CC2CCCc3ccccc32)c(CC)c(=O)[nH]c1=O. The van der Waals surface area contributed by atoms with Crippen molar-refractivity contribution in [2.24, 2.45) is 0 Å². The fraction of sp³-hybridized carbons (Fsp3) is 0.455. The van der Waals surface area contributed by atoms with E-state index in [9.17, 15) is 9.59 Å². The van der Waals surface area contributed by atoms with Crippen molar-refractivity contribution in [3.63, 3.8) is 0 Å². The zero-order chi connectivity index (χ0) is 19.4. The summed E-state index contributed by atoms with van der Waals surface area (Å²) in [5.41, 5.74) is 4.41. The van der Waals surface area contributed by atoms with Gasteiger partial charge in [-0.1, -0.05) is 43.3 Å². The average Bonchev–Trinajstić information content (AvgIpc) is 2.64. The van der Waals surface area contributed by atoms with E-state index in [0.29, 0.717) is 30.9 Å². The second-order valence-corrected chi connectivity index (χ2v) is 7.39. The lowest BCUT2D eigenvalue weighted by atomic mass is 9.80. The first-order valence-electron chi connectivity index (χ1n) is 9.66. The summed E-state index contributed by atoms with van der Waals surface area (Å²) in [6.07, 6.45) is 4.54. The molecule has 5 heteroatoms. The minimum Gasteiger partial charge on any atom is -0.356 e. The Bertz CT molecular complexity index is 939. The number of hydrogen-bond acceptors (Lipinski definition) is 3. The molecule has 0 fully saturated rings. The van der Waals surface area contributed by atoms with Gasteiger partial charge in [-0.15, -0.1) is 0 Å². The van der Waals surface area contributed by atoms with Gasteiger partial charge in [0.25, 0.3) is 5.56 Å². The van der Waals surface area contributed by atoms with Crippen molar-refractivity contribution in [2.45, 2.75) is 58.6 Å². The molecule has 0 spiro atoms. The third-order valence-electron chi connectivity index (χ3n) is 5.27. The van der Waals surface area contributed by atoms with Crippen LogP contribution in [0, 0.1) is 0 Å². The molecule has 144 valence electrons. The number of ether oxygens (including phenoxy) is 1. The molecule has 0 amide bonds. The van der Waals surface area contributed by atoms with Crippen LogP contribution in [0.1, 0.15) is 55.0 Å². The highest BCUT2D eigenvalue weighted by atomic mass is 16.5. The Balaban J connectivity index is 1.99. The molecule has 1 heterocycles. The van der Waals surface area contributed by atoms with Crippen LogP contribution in [-0.2, 0) is 30.7 Å². The summed E-state index contributed by atoms with van der Waals surface area (Å²) in [6.45, 7) is 8.17. The molecule has 1 aromatic heterocycles. The van der Waals surface area contributed by atoms with Crippen molar-refractivity contribution < 1.29 is 4.74 Å². The molecule has 1 aliphatic carbocycles. The molecule has 0 saturated carbocycles. The van der Waals surface area contributed by atoms with Crippen molar-refractivity contribution in [3.8, 4) is 0 Å². The first-order chi connectivity index (χ1) is 13.0. The number of H-pyrrole nitrogens is 1. The Morgan fingerprint density at radius 3 is 2.85 bits per heavy atom. The van der Waals surface area contributed by atoms with Crippen molar-refractivity contribution in [1.29, 1.82) is 0 Å². The summed E-state index contributed by atoms with van der Waals surface area (Å²) < 4.78 is 7.23. The molecule has 27 heavy (non-hydrogen) atoms. The third-order valence-corrected chi connectivity index (χ3v) is 5.27. The molecule has 1 aliphatic rings.